The number of thioether (sulfide) groups is 1. The second-order valence-corrected chi connectivity index (χ2v) is 6.17. The molecular weight excluding hydrogens is 268 g/mol. The normalized spacial score (nSPS) is 19.0. The molecule has 1 aliphatic heterocycles. The first kappa shape index (κ1) is 15.0. The Bertz CT molecular complexity index is 527. The van der Waals surface area contributed by atoms with E-state index in [-0.39, 0.29) is 17.2 Å². The Balaban J connectivity index is 2.01. The van der Waals surface area contributed by atoms with Crippen molar-refractivity contribution >= 4 is 17.7 Å². The molecule has 0 radical (unpaired) electrons. The lowest BCUT2D eigenvalue weighted by molar-refractivity contribution is -0.121. The van der Waals surface area contributed by atoms with Crippen molar-refractivity contribution < 1.29 is 4.79 Å². The lowest BCUT2D eigenvalue weighted by Crippen LogP contribution is -2.33. The van der Waals surface area contributed by atoms with Crippen molar-refractivity contribution in [2.45, 2.75) is 31.1 Å². The molecule has 1 amide bonds. The van der Waals surface area contributed by atoms with Gasteiger partial charge in [-0.1, -0.05) is 24.0 Å². The smallest absolute Gasteiger partial charge is 0.233 e. The highest BCUT2D eigenvalue weighted by molar-refractivity contribution is 8.00. The van der Waals surface area contributed by atoms with Crippen LogP contribution in [0.4, 0.5) is 0 Å². The van der Waals surface area contributed by atoms with Gasteiger partial charge in [0.15, 0.2) is 0 Å². The Morgan fingerprint density at radius 3 is 3.15 bits per heavy atom. The van der Waals surface area contributed by atoms with Crippen LogP contribution < -0.4 is 11.1 Å². The van der Waals surface area contributed by atoms with Crippen molar-refractivity contribution in [3.63, 3.8) is 0 Å². The number of nitrogens with one attached hydrogen (secondary N) is 1. The van der Waals surface area contributed by atoms with Gasteiger partial charge >= 0.3 is 0 Å². The molecule has 1 aromatic carbocycles. The number of amides is 1. The molecule has 3 N–H and O–H groups in total. The molecule has 0 aliphatic carbocycles. The largest absolute Gasteiger partial charge is 0.349 e. The van der Waals surface area contributed by atoms with Gasteiger partial charge in [-0.15, -0.1) is 11.8 Å². The standard InChI is InChI=1S/C16H20N2OS/c1-12(18-16(19)15-8-4-10-20-15)14-7-2-5-13(11-14)6-3-9-17/h2,5,7,11-12,15H,4,8-10,17H2,1H3,(H,18,19). The van der Waals surface area contributed by atoms with Crippen LogP contribution in [0.5, 0.6) is 0 Å². The predicted molar refractivity (Wildman–Crippen MR) is 84.4 cm³/mol. The van der Waals surface area contributed by atoms with Gasteiger partial charge < -0.3 is 11.1 Å². The molecule has 20 heavy (non-hydrogen) atoms. The first-order valence-electron chi connectivity index (χ1n) is 6.91. The van der Waals surface area contributed by atoms with Gasteiger partial charge in [-0.25, -0.2) is 0 Å². The van der Waals surface area contributed by atoms with E-state index >= 15 is 0 Å². The topological polar surface area (TPSA) is 55.1 Å². The van der Waals surface area contributed by atoms with Crippen molar-refractivity contribution in [2.75, 3.05) is 12.3 Å². The van der Waals surface area contributed by atoms with Gasteiger partial charge in [-0.3, -0.25) is 4.79 Å². The maximum atomic E-state index is 12.1. The van der Waals surface area contributed by atoms with E-state index in [1.165, 1.54) is 0 Å². The van der Waals surface area contributed by atoms with E-state index in [1.807, 2.05) is 31.2 Å². The number of hydrogen-bond acceptors (Lipinski definition) is 3. The maximum Gasteiger partial charge on any atom is 0.233 e. The Kier molecular flexibility index (Phi) is 5.51. The fourth-order valence-electron chi connectivity index (χ4n) is 2.21. The molecule has 0 aromatic heterocycles. The van der Waals surface area contributed by atoms with Crippen molar-refractivity contribution in [2.24, 2.45) is 5.73 Å². The van der Waals surface area contributed by atoms with Gasteiger partial charge in [0.2, 0.25) is 5.91 Å². The number of rotatable bonds is 3. The Morgan fingerprint density at radius 2 is 2.45 bits per heavy atom. The molecule has 2 rings (SSSR count). The van der Waals surface area contributed by atoms with Crippen LogP contribution >= 0.6 is 11.8 Å². The van der Waals surface area contributed by atoms with Crippen LogP contribution in [0.25, 0.3) is 0 Å². The van der Waals surface area contributed by atoms with Crippen LogP contribution in [0, 0.1) is 11.8 Å². The average molecular weight is 288 g/mol. The molecule has 1 heterocycles. The van der Waals surface area contributed by atoms with E-state index in [0.717, 1.165) is 29.7 Å². The molecule has 106 valence electrons. The van der Waals surface area contributed by atoms with Crippen molar-refractivity contribution in [3.05, 3.63) is 35.4 Å². The number of nitrogens with two attached hydrogens (primary N) is 1. The van der Waals surface area contributed by atoms with Crippen molar-refractivity contribution in [3.8, 4) is 11.8 Å². The molecule has 2 atom stereocenters. The van der Waals surface area contributed by atoms with E-state index in [9.17, 15) is 4.79 Å². The SMILES string of the molecule is CC(NC(=O)C1CCCS1)c1cccc(C#CCN)c1. The summed E-state index contributed by atoms with van der Waals surface area (Å²) in [7, 11) is 0. The Labute approximate surface area is 124 Å². The molecule has 1 aromatic rings. The molecule has 0 saturated carbocycles. The van der Waals surface area contributed by atoms with Crippen LogP contribution in [0.2, 0.25) is 0 Å². The minimum atomic E-state index is 0.00308. The third-order valence-corrected chi connectivity index (χ3v) is 4.68. The van der Waals surface area contributed by atoms with E-state index < -0.39 is 0 Å². The Hall–Kier alpha value is -1.44. The third-order valence-electron chi connectivity index (χ3n) is 3.30. The summed E-state index contributed by atoms with van der Waals surface area (Å²) in [5, 5.41) is 3.21. The van der Waals surface area contributed by atoms with Crippen LogP contribution in [-0.2, 0) is 4.79 Å². The predicted octanol–water partition coefficient (Wildman–Crippen LogP) is 2.07. The quantitative estimate of drug-likeness (QED) is 0.837. The number of carbonyl (C=O) groups excluding carboxylic acids is 1. The first-order chi connectivity index (χ1) is 9.70. The summed E-state index contributed by atoms with van der Waals surface area (Å²) < 4.78 is 0. The van der Waals surface area contributed by atoms with Crippen molar-refractivity contribution in [1.82, 2.24) is 5.32 Å². The Morgan fingerprint density at radius 1 is 1.60 bits per heavy atom. The minimum absolute atomic E-state index is 0.00308. The van der Waals surface area contributed by atoms with Crippen LogP contribution in [-0.4, -0.2) is 23.5 Å². The fraction of sp³-hybridized carbons (Fsp3) is 0.438. The summed E-state index contributed by atoms with van der Waals surface area (Å²) in [6.45, 7) is 2.36. The number of hydrogen-bond donors (Lipinski definition) is 2. The lowest BCUT2D eigenvalue weighted by Gasteiger charge is -2.17. The number of benzene rings is 1. The molecule has 4 heteroatoms. The number of carbonyl (C=O) groups is 1. The maximum absolute atomic E-state index is 12.1. The highest BCUT2D eigenvalue weighted by Gasteiger charge is 2.24. The van der Waals surface area contributed by atoms with Gasteiger partial charge in [-0.05, 0) is 43.2 Å². The van der Waals surface area contributed by atoms with Crippen molar-refractivity contribution in [1.29, 1.82) is 0 Å². The molecule has 2 unspecified atom stereocenters. The fourth-order valence-corrected chi connectivity index (χ4v) is 3.38. The van der Waals surface area contributed by atoms with Gasteiger partial charge in [0, 0.05) is 5.56 Å². The summed E-state index contributed by atoms with van der Waals surface area (Å²) in [6, 6.07) is 7.94. The van der Waals surface area contributed by atoms with Gasteiger partial charge in [-0.2, -0.15) is 0 Å². The molecule has 0 bridgehead atoms. The molecule has 1 saturated heterocycles. The summed E-state index contributed by atoms with van der Waals surface area (Å²) in [6.07, 6.45) is 2.13. The first-order valence-corrected chi connectivity index (χ1v) is 7.96. The van der Waals surface area contributed by atoms with Gasteiger partial charge in [0.1, 0.15) is 0 Å². The third kappa shape index (κ3) is 4.03. The van der Waals surface area contributed by atoms with Crippen LogP contribution in [0.3, 0.4) is 0 Å². The highest BCUT2D eigenvalue weighted by atomic mass is 32.2. The molecule has 0 spiro atoms. The average Bonchev–Trinajstić information content (AvgIpc) is 2.99. The van der Waals surface area contributed by atoms with E-state index in [1.54, 1.807) is 11.8 Å². The molecular formula is C16H20N2OS. The zero-order valence-electron chi connectivity index (χ0n) is 11.7. The summed E-state index contributed by atoms with van der Waals surface area (Å²) >= 11 is 1.75. The molecule has 1 aliphatic rings. The lowest BCUT2D eigenvalue weighted by atomic mass is 10.0. The zero-order chi connectivity index (χ0) is 14.4. The summed E-state index contributed by atoms with van der Waals surface area (Å²) in [4.78, 5) is 12.1. The van der Waals surface area contributed by atoms with Crippen LogP contribution in [0.1, 0.15) is 36.9 Å². The van der Waals surface area contributed by atoms with E-state index in [4.69, 9.17) is 5.73 Å². The molecule has 3 nitrogen and oxygen atoms in total. The second-order valence-electron chi connectivity index (χ2n) is 4.86. The zero-order valence-corrected chi connectivity index (χ0v) is 12.5. The van der Waals surface area contributed by atoms with Crippen LogP contribution in [0.15, 0.2) is 24.3 Å². The molecule has 1 fully saturated rings. The summed E-state index contributed by atoms with van der Waals surface area (Å²) in [5.74, 6) is 7.10. The highest BCUT2D eigenvalue weighted by Crippen LogP contribution is 2.27. The van der Waals surface area contributed by atoms with Gasteiger partial charge in [0.25, 0.3) is 0 Å². The minimum Gasteiger partial charge on any atom is -0.349 e. The van der Waals surface area contributed by atoms with Gasteiger partial charge in [0.05, 0.1) is 17.8 Å². The van der Waals surface area contributed by atoms with E-state index in [2.05, 4.69) is 17.2 Å². The monoisotopic (exact) mass is 288 g/mol. The second kappa shape index (κ2) is 7.37. The van der Waals surface area contributed by atoms with E-state index in [0.29, 0.717) is 6.54 Å². The summed E-state index contributed by atoms with van der Waals surface area (Å²) in [5.41, 5.74) is 7.39.